The normalized spacial score (nSPS) is 13.7. The molecular weight excluding hydrogens is 227 g/mol. The number of alkyl halides is 3. The first-order valence-electron chi connectivity index (χ1n) is 5.87. The van der Waals surface area contributed by atoms with E-state index in [4.69, 9.17) is 0 Å². The molecule has 1 N–H and O–H groups in total. The van der Waals surface area contributed by atoms with Crippen LogP contribution in [-0.2, 0) is 12.6 Å². The quantitative estimate of drug-likeness (QED) is 0.835. The number of benzene rings is 1. The van der Waals surface area contributed by atoms with Crippen molar-refractivity contribution in [3.63, 3.8) is 0 Å². The van der Waals surface area contributed by atoms with Crippen LogP contribution in [0.2, 0.25) is 0 Å². The molecule has 0 radical (unpaired) electrons. The number of likely N-dealkylation sites (N-methyl/N-ethyl adjacent to an activating group) is 1. The topological polar surface area (TPSA) is 12.0 Å². The van der Waals surface area contributed by atoms with Gasteiger partial charge in [0.2, 0.25) is 0 Å². The van der Waals surface area contributed by atoms with E-state index in [2.05, 4.69) is 5.32 Å². The summed E-state index contributed by atoms with van der Waals surface area (Å²) in [5, 5.41) is 3.19. The molecule has 17 heavy (non-hydrogen) atoms. The maximum Gasteiger partial charge on any atom is 0.416 e. The van der Waals surface area contributed by atoms with Crippen LogP contribution in [0.1, 0.15) is 31.4 Å². The Balaban J connectivity index is 2.90. The second-order valence-electron chi connectivity index (χ2n) is 4.02. The lowest BCUT2D eigenvalue weighted by Crippen LogP contribution is -2.31. The highest BCUT2D eigenvalue weighted by Gasteiger charge is 2.33. The van der Waals surface area contributed by atoms with Gasteiger partial charge in [-0.15, -0.1) is 0 Å². The molecule has 0 saturated heterocycles. The largest absolute Gasteiger partial charge is 0.416 e. The molecule has 1 rings (SSSR count). The average Bonchev–Trinajstić information content (AvgIpc) is 2.27. The van der Waals surface area contributed by atoms with Crippen LogP contribution in [0.4, 0.5) is 13.2 Å². The van der Waals surface area contributed by atoms with Gasteiger partial charge >= 0.3 is 6.18 Å². The van der Waals surface area contributed by atoms with Crippen LogP contribution >= 0.6 is 0 Å². The lowest BCUT2D eigenvalue weighted by atomic mass is 9.98. The lowest BCUT2D eigenvalue weighted by Gasteiger charge is -2.19. The minimum atomic E-state index is -4.26. The van der Waals surface area contributed by atoms with Crippen molar-refractivity contribution in [2.75, 3.05) is 6.54 Å². The molecule has 1 aromatic rings. The molecule has 0 aliphatic heterocycles. The molecule has 0 amide bonds. The molecule has 0 aliphatic carbocycles. The smallest absolute Gasteiger partial charge is 0.314 e. The van der Waals surface area contributed by atoms with E-state index in [0.717, 1.165) is 19.0 Å². The van der Waals surface area contributed by atoms with Crippen LogP contribution in [0.3, 0.4) is 0 Å². The summed E-state index contributed by atoms with van der Waals surface area (Å²) in [5.74, 6) is 0. The third-order valence-corrected chi connectivity index (χ3v) is 2.77. The van der Waals surface area contributed by atoms with E-state index >= 15 is 0 Å². The summed E-state index contributed by atoms with van der Waals surface area (Å²) in [7, 11) is 0. The predicted molar refractivity (Wildman–Crippen MR) is 62.9 cm³/mol. The van der Waals surface area contributed by atoms with Gasteiger partial charge in [0.05, 0.1) is 5.56 Å². The first-order chi connectivity index (χ1) is 7.99. The van der Waals surface area contributed by atoms with Gasteiger partial charge in [0.25, 0.3) is 0 Å². The van der Waals surface area contributed by atoms with E-state index in [1.165, 1.54) is 6.07 Å². The molecule has 96 valence electrons. The highest BCUT2D eigenvalue weighted by molar-refractivity contribution is 5.30. The number of rotatable bonds is 5. The van der Waals surface area contributed by atoms with Crippen molar-refractivity contribution in [2.45, 2.75) is 38.9 Å². The van der Waals surface area contributed by atoms with Gasteiger partial charge in [-0.05, 0) is 31.0 Å². The van der Waals surface area contributed by atoms with Gasteiger partial charge in [0, 0.05) is 6.04 Å². The van der Waals surface area contributed by atoms with Gasteiger partial charge < -0.3 is 5.32 Å². The molecule has 0 aliphatic rings. The molecule has 0 spiro atoms. The Morgan fingerprint density at radius 2 is 1.82 bits per heavy atom. The number of halogens is 3. The molecular formula is C13H18F3N. The first kappa shape index (κ1) is 14.0. The monoisotopic (exact) mass is 245 g/mol. The van der Waals surface area contributed by atoms with E-state index in [9.17, 15) is 13.2 Å². The maximum atomic E-state index is 12.8. The van der Waals surface area contributed by atoms with Crippen molar-refractivity contribution in [1.82, 2.24) is 5.32 Å². The van der Waals surface area contributed by atoms with Gasteiger partial charge in [0.15, 0.2) is 0 Å². The summed E-state index contributed by atoms with van der Waals surface area (Å²) in [5.41, 5.74) is -0.149. The molecule has 1 nitrogen and oxygen atoms in total. The number of hydrogen-bond donors (Lipinski definition) is 1. The molecule has 1 unspecified atom stereocenters. The van der Waals surface area contributed by atoms with Crippen LogP contribution in [0.5, 0.6) is 0 Å². The maximum absolute atomic E-state index is 12.8. The second-order valence-corrected chi connectivity index (χ2v) is 4.02. The average molecular weight is 245 g/mol. The molecule has 0 saturated carbocycles. The van der Waals surface area contributed by atoms with Crippen molar-refractivity contribution in [2.24, 2.45) is 0 Å². The number of nitrogens with one attached hydrogen (secondary N) is 1. The third-order valence-electron chi connectivity index (χ3n) is 2.77. The van der Waals surface area contributed by atoms with Crippen LogP contribution in [0, 0.1) is 0 Å². The SMILES string of the molecule is CCNC(CC)Cc1ccccc1C(F)(F)F. The van der Waals surface area contributed by atoms with Crippen LogP contribution < -0.4 is 5.32 Å². The van der Waals surface area contributed by atoms with Gasteiger partial charge in [-0.2, -0.15) is 13.2 Å². The summed E-state index contributed by atoms with van der Waals surface area (Å²) in [6, 6.07) is 5.89. The number of hydrogen-bond acceptors (Lipinski definition) is 1. The minimum absolute atomic E-state index is 0.100. The standard InChI is InChI=1S/C13H18F3N/c1-3-11(17-4-2)9-10-7-5-6-8-12(10)13(14,15)16/h5-8,11,17H,3-4,9H2,1-2H3. The van der Waals surface area contributed by atoms with Gasteiger partial charge in [-0.3, -0.25) is 0 Å². The Kier molecular flexibility index (Phi) is 5.00. The Labute approximate surface area is 100 Å². The van der Waals surface area contributed by atoms with Gasteiger partial charge in [0.1, 0.15) is 0 Å². The van der Waals surface area contributed by atoms with Crippen LogP contribution in [0.25, 0.3) is 0 Å². The van der Waals surface area contributed by atoms with Crippen LogP contribution in [-0.4, -0.2) is 12.6 Å². The highest BCUT2D eigenvalue weighted by Crippen LogP contribution is 2.32. The van der Waals surface area contributed by atoms with Crippen molar-refractivity contribution in [3.8, 4) is 0 Å². The van der Waals surface area contributed by atoms with Crippen molar-refractivity contribution in [1.29, 1.82) is 0 Å². The summed E-state index contributed by atoms with van der Waals surface area (Å²) < 4.78 is 38.3. The molecule has 0 bridgehead atoms. The lowest BCUT2D eigenvalue weighted by molar-refractivity contribution is -0.138. The van der Waals surface area contributed by atoms with Gasteiger partial charge in [-0.25, -0.2) is 0 Å². The zero-order chi connectivity index (χ0) is 12.9. The van der Waals surface area contributed by atoms with E-state index in [1.54, 1.807) is 12.1 Å². The van der Waals surface area contributed by atoms with E-state index < -0.39 is 11.7 Å². The molecule has 4 heteroatoms. The van der Waals surface area contributed by atoms with Crippen molar-refractivity contribution >= 4 is 0 Å². The van der Waals surface area contributed by atoms with Crippen LogP contribution in [0.15, 0.2) is 24.3 Å². The van der Waals surface area contributed by atoms with Crippen molar-refractivity contribution < 1.29 is 13.2 Å². The molecule has 1 atom stereocenters. The molecule has 0 aromatic heterocycles. The Morgan fingerprint density at radius 3 is 2.35 bits per heavy atom. The van der Waals surface area contributed by atoms with E-state index in [0.29, 0.717) is 12.0 Å². The third kappa shape index (κ3) is 4.04. The zero-order valence-electron chi connectivity index (χ0n) is 10.1. The highest BCUT2D eigenvalue weighted by atomic mass is 19.4. The van der Waals surface area contributed by atoms with E-state index in [-0.39, 0.29) is 6.04 Å². The Morgan fingerprint density at radius 1 is 1.18 bits per heavy atom. The summed E-state index contributed by atoms with van der Waals surface area (Å²) in [6.07, 6.45) is -3.03. The molecule has 0 heterocycles. The minimum Gasteiger partial charge on any atom is -0.314 e. The molecule has 0 fully saturated rings. The van der Waals surface area contributed by atoms with Crippen molar-refractivity contribution in [3.05, 3.63) is 35.4 Å². The fourth-order valence-corrected chi connectivity index (χ4v) is 1.89. The Hall–Kier alpha value is -1.03. The summed E-state index contributed by atoms with van der Waals surface area (Å²) >= 11 is 0. The summed E-state index contributed by atoms with van der Waals surface area (Å²) in [4.78, 5) is 0. The zero-order valence-corrected chi connectivity index (χ0v) is 10.1. The Bertz CT molecular complexity index is 347. The van der Waals surface area contributed by atoms with E-state index in [1.807, 2.05) is 13.8 Å². The van der Waals surface area contributed by atoms with Gasteiger partial charge in [-0.1, -0.05) is 32.0 Å². The predicted octanol–water partition coefficient (Wildman–Crippen LogP) is 3.64. The fraction of sp³-hybridized carbons (Fsp3) is 0.538. The first-order valence-corrected chi connectivity index (χ1v) is 5.87. The molecule has 1 aromatic carbocycles. The fourth-order valence-electron chi connectivity index (χ4n) is 1.89. The second kappa shape index (κ2) is 6.05. The summed E-state index contributed by atoms with van der Waals surface area (Å²) in [6.45, 7) is 4.70.